The third-order valence-corrected chi connectivity index (χ3v) is 3.95. The molecule has 0 atom stereocenters. The smallest absolute Gasteiger partial charge is 0.262 e. The van der Waals surface area contributed by atoms with Crippen molar-refractivity contribution in [2.75, 3.05) is 7.11 Å². The van der Waals surface area contributed by atoms with Gasteiger partial charge in [-0.2, -0.15) is 5.26 Å². The lowest BCUT2D eigenvalue weighted by molar-refractivity contribution is -0.117. The van der Waals surface area contributed by atoms with Crippen molar-refractivity contribution in [3.05, 3.63) is 83.6 Å². The summed E-state index contributed by atoms with van der Waals surface area (Å²) in [5.74, 6) is 1.42. The van der Waals surface area contributed by atoms with Gasteiger partial charge in [0.1, 0.15) is 28.9 Å². The van der Waals surface area contributed by atoms with Crippen molar-refractivity contribution in [2.24, 2.45) is 0 Å². The SMILES string of the molecule is COc1ccc(CNC(=O)/C(C#N)=C/c2ccc(-c3ccccc3)o2)cc1. The maximum absolute atomic E-state index is 12.3. The van der Waals surface area contributed by atoms with E-state index in [2.05, 4.69) is 5.32 Å². The zero-order chi connectivity index (χ0) is 19.1. The molecule has 5 nitrogen and oxygen atoms in total. The summed E-state index contributed by atoms with van der Waals surface area (Å²) in [5.41, 5.74) is 1.82. The zero-order valence-corrected chi connectivity index (χ0v) is 14.8. The second-order valence-corrected chi connectivity index (χ2v) is 5.77. The van der Waals surface area contributed by atoms with Gasteiger partial charge in [-0.3, -0.25) is 4.79 Å². The molecule has 134 valence electrons. The predicted octanol–water partition coefficient (Wildman–Crippen LogP) is 4.18. The van der Waals surface area contributed by atoms with Gasteiger partial charge in [-0.25, -0.2) is 0 Å². The van der Waals surface area contributed by atoms with Crippen LogP contribution in [-0.4, -0.2) is 13.0 Å². The van der Waals surface area contributed by atoms with Crippen LogP contribution >= 0.6 is 0 Å². The number of carbonyl (C=O) groups is 1. The Bertz CT molecular complexity index is 980. The first kappa shape index (κ1) is 18.0. The van der Waals surface area contributed by atoms with E-state index in [1.54, 1.807) is 13.2 Å². The number of nitriles is 1. The number of methoxy groups -OCH3 is 1. The Balaban J connectivity index is 1.67. The average molecular weight is 358 g/mol. The van der Waals surface area contributed by atoms with E-state index in [0.29, 0.717) is 18.1 Å². The van der Waals surface area contributed by atoms with Crippen molar-refractivity contribution in [2.45, 2.75) is 6.54 Å². The van der Waals surface area contributed by atoms with Gasteiger partial charge >= 0.3 is 0 Å². The molecule has 0 aliphatic heterocycles. The molecule has 5 heteroatoms. The molecule has 0 saturated heterocycles. The third kappa shape index (κ3) is 4.65. The van der Waals surface area contributed by atoms with Crippen LogP contribution in [0.2, 0.25) is 0 Å². The first-order chi connectivity index (χ1) is 13.2. The molecule has 0 radical (unpaired) electrons. The molecule has 3 rings (SSSR count). The summed E-state index contributed by atoms with van der Waals surface area (Å²) in [5, 5.41) is 12.0. The fourth-order valence-corrected chi connectivity index (χ4v) is 2.50. The standard InChI is InChI=1S/C22H18N2O3/c1-26-19-9-7-16(8-10-19)15-24-22(25)18(14-23)13-20-11-12-21(27-20)17-5-3-2-4-6-17/h2-13H,15H2,1H3,(H,24,25)/b18-13+. The van der Waals surface area contributed by atoms with E-state index < -0.39 is 5.91 Å². The van der Waals surface area contributed by atoms with Crippen molar-refractivity contribution in [1.82, 2.24) is 5.32 Å². The van der Waals surface area contributed by atoms with Crippen molar-refractivity contribution in [1.29, 1.82) is 5.26 Å². The Labute approximate surface area is 157 Å². The van der Waals surface area contributed by atoms with Crippen LogP contribution in [0.4, 0.5) is 0 Å². The number of nitrogens with one attached hydrogen (secondary N) is 1. The highest BCUT2D eigenvalue weighted by Gasteiger charge is 2.11. The molecule has 0 fully saturated rings. The molecule has 1 amide bonds. The quantitative estimate of drug-likeness (QED) is 0.530. The molecule has 1 aromatic heterocycles. The molecule has 1 heterocycles. The maximum Gasteiger partial charge on any atom is 0.262 e. The number of amides is 1. The van der Waals surface area contributed by atoms with Crippen LogP contribution in [0.15, 0.2) is 76.7 Å². The normalized spacial score (nSPS) is 10.9. The number of carbonyl (C=O) groups excluding carboxylic acids is 1. The number of rotatable bonds is 6. The lowest BCUT2D eigenvalue weighted by atomic mass is 10.2. The van der Waals surface area contributed by atoms with E-state index in [1.165, 1.54) is 6.08 Å². The van der Waals surface area contributed by atoms with Gasteiger partial charge in [0.15, 0.2) is 0 Å². The molecule has 1 N–H and O–H groups in total. The summed E-state index contributed by atoms with van der Waals surface area (Å²) in [6, 6.07) is 22.4. The minimum atomic E-state index is -0.453. The summed E-state index contributed by atoms with van der Waals surface area (Å²) >= 11 is 0. The summed E-state index contributed by atoms with van der Waals surface area (Å²) in [6.07, 6.45) is 1.44. The number of furan rings is 1. The molecule has 3 aromatic rings. The number of hydrogen-bond acceptors (Lipinski definition) is 4. The van der Waals surface area contributed by atoms with E-state index in [9.17, 15) is 10.1 Å². The molecule has 0 spiro atoms. The fourth-order valence-electron chi connectivity index (χ4n) is 2.50. The zero-order valence-electron chi connectivity index (χ0n) is 14.8. The van der Waals surface area contributed by atoms with Crippen molar-refractivity contribution < 1.29 is 13.9 Å². The van der Waals surface area contributed by atoms with E-state index >= 15 is 0 Å². The Morgan fingerprint density at radius 2 is 1.85 bits per heavy atom. The van der Waals surface area contributed by atoms with Crippen LogP contribution < -0.4 is 10.1 Å². The monoisotopic (exact) mass is 358 g/mol. The van der Waals surface area contributed by atoms with E-state index in [0.717, 1.165) is 16.9 Å². The second kappa shape index (κ2) is 8.54. The fraction of sp³-hybridized carbons (Fsp3) is 0.0909. The molecular weight excluding hydrogens is 340 g/mol. The van der Waals surface area contributed by atoms with Gasteiger partial charge in [0.2, 0.25) is 0 Å². The largest absolute Gasteiger partial charge is 0.497 e. The Morgan fingerprint density at radius 3 is 2.52 bits per heavy atom. The molecular formula is C22H18N2O3. The molecule has 0 unspecified atom stereocenters. The summed E-state index contributed by atoms with van der Waals surface area (Å²) in [7, 11) is 1.60. The Hall–Kier alpha value is -3.78. The van der Waals surface area contributed by atoms with Gasteiger partial charge in [0.05, 0.1) is 7.11 Å². The molecule has 0 aliphatic rings. The second-order valence-electron chi connectivity index (χ2n) is 5.77. The van der Waals surface area contributed by atoms with Crippen LogP contribution in [0, 0.1) is 11.3 Å². The first-order valence-electron chi connectivity index (χ1n) is 8.38. The molecule has 2 aromatic carbocycles. The van der Waals surface area contributed by atoms with Crippen LogP contribution in [0.25, 0.3) is 17.4 Å². The molecule has 0 saturated carbocycles. The van der Waals surface area contributed by atoms with Crippen LogP contribution in [0.1, 0.15) is 11.3 Å². The predicted molar refractivity (Wildman–Crippen MR) is 103 cm³/mol. The molecule has 0 bridgehead atoms. The minimum Gasteiger partial charge on any atom is -0.497 e. The highest BCUT2D eigenvalue weighted by molar-refractivity contribution is 6.01. The van der Waals surface area contributed by atoms with Crippen molar-refractivity contribution in [3.8, 4) is 23.1 Å². The van der Waals surface area contributed by atoms with Crippen molar-refractivity contribution >= 4 is 12.0 Å². The summed E-state index contributed by atoms with van der Waals surface area (Å²) in [4.78, 5) is 12.3. The number of nitrogens with zero attached hydrogens (tertiary/aromatic N) is 1. The first-order valence-corrected chi connectivity index (χ1v) is 8.38. The molecule has 0 aliphatic carbocycles. The van der Waals surface area contributed by atoms with E-state index in [4.69, 9.17) is 9.15 Å². The Kier molecular flexibility index (Phi) is 5.70. The third-order valence-electron chi connectivity index (χ3n) is 3.95. The van der Waals surface area contributed by atoms with E-state index in [-0.39, 0.29) is 5.57 Å². The number of hydrogen-bond donors (Lipinski definition) is 1. The Morgan fingerprint density at radius 1 is 1.11 bits per heavy atom. The van der Waals surface area contributed by atoms with Crippen molar-refractivity contribution in [3.63, 3.8) is 0 Å². The van der Waals surface area contributed by atoms with Crippen LogP contribution in [0.5, 0.6) is 5.75 Å². The highest BCUT2D eigenvalue weighted by atomic mass is 16.5. The number of benzene rings is 2. The summed E-state index contributed by atoms with van der Waals surface area (Å²) < 4.78 is 10.8. The highest BCUT2D eigenvalue weighted by Crippen LogP contribution is 2.23. The van der Waals surface area contributed by atoms with Crippen LogP contribution in [0.3, 0.4) is 0 Å². The maximum atomic E-state index is 12.3. The summed E-state index contributed by atoms with van der Waals surface area (Å²) in [6.45, 7) is 0.315. The topological polar surface area (TPSA) is 75.3 Å². The van der Waals surface area contributed by atoms with Gasteiger partial charge < -0.3 is 14.5 Å². The van der Waals surface area contributed by atoms with Gasteiger partial charge in [0.25, 0.3) is 5.91 Å². The van der Waals surface area contributed by atoms with E-state index in [1.807, 2.05) is 66.7 Å². The van der Waals surface area contributed by atoms with Gasteiger partial charge in [-0.05, 0) is 29.8 Å². The van der Waals surface area contributed by atoms with Gasteiger partial charge in [-0.15, -0.1) is 0 Å². The number of ether oxygens (including phenoxy) is 1. The van der Waals surface area contributed by atoms with Crippen LogP contribution in [-0.2, 0) is 11.3 Å². The minimum absolute atomic E-state index is 0.0162. The van der Waals surface area contributed by atoms with Gasteiger partial charge in [0, 0.05) is 18.2 Å². The van der Waals surface area contributed by atoms with Gasteiger partial charge in [-0.1, -0.05) is 42.5 Å². The molecule has 27 heavy (non-hydrogen) atoms. The average Bonchev–Trinajstić information content (AvgIpc) is 3.20. The lowest BCUT2D eigenvalue weighted by Gasteiger charge is -2.05. The lowest BCUT2D eigenvalue weighted by Crippen LogP contribution is -2.23.